The van der Waals surface area contributed by atoms with E-state index in [0.717, 1.165) is 5.39 Å². The number of carbonyl (C=O) groups is 2. The van der Waals surface area contributed by atoms with Gasteiger partial charge in [0.05, 0.1) is 16.9 Å². The van der Waals surface area contributed by atoms with Gasteiger partial charge in [-0.15, -0.1) is 0 Å². The van der Waals surface area contributed by atoms with Crippen LogP contribution >= 0.6 is 0 Å². The molecule has 2 rings (SSSR count). The molecule has 2 aromatic carbocycles. The molecule has 0 bridgehead atoms. The van der Waals surface area contributed by atoms with E-state index in [9.17, 15) is 15.2 Å². The third-order valence-corrected chi connectivity index (χ3v) is 3.88. The molecule has 0 radical (unpaired) electrons. The van der Waals surface area contributed by atoms with Gasteiger partial charge in [0.25, 0.3) is 5.69 Å². The van der Waals surface area contributed by atoms with E-state index in [2.05, 4.69) is 0 Å². The first-order chi connectivity index (χ1) is 13.1. The van der Waals surface area contributed by atoms with E-state index in [4.69, 9.17) is 24.5 Å². The number of non-ortho nitro benzene ring substituents is 1. The molecule has 2 aromatic rings. The van der Waals surface area contributed by atoms with Crippen molar-refractivity contribution >= 4 is 28.4 Å². The first-order valence-electron chi connectivity index (χ1n) is 8.14. The topological polar surface area (TPSA) is 150 Å². The highest BCUT2D eigenvalue weighted by atomic mass is 16.6. The van der Waals surface area contributed by atoms with Gasteiger partial charge in [0, 0.05) is 6.07 Å². The SMILES string of the molecule is CC(OCC(O)c1cccc2cccc([N+](=O)[O-])c12)N(C)C.O=C(O)C(=O)O. The smallest absolute Gasteiger partial charge is 0.414 e. The van der Waals surface area contributed by atoms with Crippen molar-refractivity contribution in [2.75, 3.05) is 20.7 Å². The molecule has 0 aliphatic heterocycles. The lowest BCUT2D eigenvalue weighted by Crippen LogP contribution is -2.29. The van der Waals surface area contributed by atoms with Crippen molar-refractivity contribution in [3.05, 3.63) is 52.1 Å². The quantitative estimate of drug-likeness (QED) is 0.288. The standard InChI is InChI=1S/C16H20N2O4.C2H2O4/c1-11(17(2)3)22-10-15(19)13-8-4-6-12-7-5-9-14(16(12)13)18(20)21;3-1(4)2(5)6/h4-9,11,15,19H,10H2,1-3H3;(H,3,4)(H,5,6). The number of aliphatic hydroxyl groups is 1. The van der Waals surface area contributed by atoms with Crippen LogP contribution in [0.3, 0.4) is 0 Å². The van der Waals surface area contributed by atoms with Crippen LogP contribution in [-0.4, -0.2) is 64.0 Å². The van der Waals surface area contributed by atoms with Gasteiger partial charge in [0.15, 0.2) is 0 Å². The molecule has 0 saturated heterocycles. The number of ether oxygens (including phenoxy) is 1. The largest absolute Gasteiger partial charge is 0.473 e. The van der Waals surface area contributed by atoms with Crippen LogP contribution in [-0.2, 0) is 14.3 Å². The number of aliphatic carboxylic acids is 2. The van der Waals surface area contributed by atoms with Gasteiger partial charge in [-0.3, -0.25) is 15.0 Å². The van der Waals surface area contributed by atoms with Crippen LogP contribution in [0.25, 0.3) is 10.8 Å². The molecular weight excluding hydrogens is 372 g/mol. The molecule has 2 atom stereocenters. The van der Waals surface area contributed by atoms with Gasteiger partial charge >= 0.3 is 11.9 Å². The van der Waals surface area contributed by atoms with Crippen LogP contribution in [0.4, 0.5) is 5.69 Å². The zero-order valence-corrected chi connectivity index (χ0v) is 15.6. The van der Waals surface area contributed by atoms with E-state index in [1.165, 1.54) is 6.07 Å². The Hall–Kier alpha value is -3.08. The Balaban J connectivity index is 0.000000568. The maximum absolute atomic E-state index is 11.2. The second kappa shape index (κ2) is 10.3. The lowest BCUT2D eigenvalue weighted by Gasteiger charge is -2.22. The number of carboxylic acids is 2. The Morgan fingerprint density at radius 3 is 2.14 bits per heavy atom. The summed E-state index contributed by atoms with van der Waals surface area (Å²) in [5, 5.41) is 37.6. The molecule has 3 N–H and O–H groups in total. The average molecular weight is 394 g/mol. The molecule has 152 valence electrons. The number of nitrogens with zero attached hydrogens (tertiary/aromatic N) is 2. The fourth-order valence-electron chi connectivity index (χ4n) is 2.25. The molecule has 2 unspecified atom stereocenters. The Morgan fingerprint density at radius 2 is 1.68 bits per heavy atom. The first kappa shape index (κ1) is 23.0. The fourth-order valence-corrected chi connectivity index (χ4v) is 2.25. The molecule has 0 aliphatic carbocycles. The van der Waals surface area contributed by atoms with Gasteiger partial charge < -0.3 is 20.1 Å². The minimum atomic E-state index is -1.82. The third kappa shape index (κ3) is 6.27. The Kier molecular flexibility index (Phi) is 8.45. The summed E-state index contributed by atoms with van der Waals surface area (Å²) in [6.45, 7) is 1.95. The number of fused-ring (bicyclic) bond motifs is 1. The molecule has 10 heteroatoms. The van der Waals surface area contributed by atoms with Crippen LogP contribution in [0.2, 0.25) is 0 Å². The van der Waals surface area contributed by atoms with Crippen LogP contribution in [0.1, 0.15) is 18.6 Å². The molecule has 0 saturated carbocycles. The minimum Gasteiger partial charge on any atom is -0.473 e. The first-order valence-corrected chi connectivity index (χ1v) is 8.14. The highest BCUT2D eigenvalue weighted by Crippen LogP contribution is 2.32. The van der Waals surface area contributed by atoms with Crippen molar-refractivity contribution in [2.45, 2.75) is 19.3 Å². The van der Waals surface area contributed by atoms with Crippen molar-refractivity contribution < 1.29 is 34.6 Å². The van der Waals surface area contributed by atoms with Gasteiger partial charge in [-0.2, -0.15) is 0 Å². The summed E-state index contributed by atoms with van der Waals surface area (Å²) < 4.78 is 5.57. The van der Waals surface area contributed by atoms with Crippen molar-refractivity contribution in [1.82, 2.24) is 4.90 Å². The number of nitro benzene ring substituents is 1. The van der Waals surface area contributed by atoms with Crippen molar-refractivity contribution in [3.63, 3.8) is 0 Å². The van der Waals surface area contributed by atoms with Crippen LogP contribution in [0, 0.1) is 10.1 Å². The number of nitro groups is 1. The molecule has 28 heavy (non-hydrogen) atoms. The van der Waals surface area contributed by atoms with Crippen LogP contribution < -0.4 is 0 Å². The average Bonchev–Trinajstić information content (AvgIpc) is 2.64. The molecule has 10 nitrogen and oxygen atoms in total. The predicted octanol–water partition coefficient (Wildman–Crippen LogP) is 1.86. The maximum atomic E-state index is 11.2. The summed E-state index contributed by atoms with van der Waals surface area (Å²) >= 11 is 0. The fraction of sp³-hybridized carbons (Fsp3) is 0.333. The Labute approximate surface area is 160 Å². The van der Waals surface area contributed by atoms with Gasteiger partial charge in [-0.25, -0.2) is 9.59 Å². The number of aliphatic hydroxyl groups excluding tert-OH is 1. The summed E-state index contributed by atoms with van der Waals surface area (Å²) in [7, 11) is 3.75. The molecule has 0 fully saturated rings. The number of carboxylic acid groups (broad SMARTS) is 2. The summed E-state index contributed by atoms with van der Waals surface area (Å²) in [5.74, 6) is -3.65. The predicted molar refractivity (Wildman–Crippen MR) is 99.9 cm³/mol. The number of hydrogen-bond acceptors (Lipinski definition) is 7. The van der Waals surface area contributed by atoms with Gasteiger partial charge in [0.2, 0.25) is 0 Å². The lowest BCUT2D eigenvalue weighted by atomic mass is 9.99. The molecule has 0 aliphatic rings. The molecule has 0 spiro atoms. The monoisotopic (exact) mass is 394 g/mol. The lowest BCUT2D eigenvalue weighted by molar-refractivity contribution is -0.383. The zero-order valence-electron chi connectivity index (χ0n) is 15.6. The van der Waals surface area contributed by atoms with E-state index < -0.39 is 23.0 Å². The van der Waals surface area contributed by atoms with Gasteiger partial charge in [-0.05, 0) is 32.0 Å². The van der Waals surface area contributed by atoms with Gasteiger partial charge in [0.1, 0.15) is 12.3 Å². The van der Waals surface area contributed by atoms with Crippen LogP contribution in [0.5, 0.6) is 0 Å². The maximum Gasteiger partial charge on any atom is 0.414 e. The highest BCUT2D eigenvalue weighted by Gasteiger charge is 2.20. The molecule has 0 heterocycles. The number of benzene rings is 2. The summed E-state index contributed by atoms with van der Waals surface area (Å²) in [6.07, 6.45) is -1.08. The zero-order chi connectivity index (χ0) is 21.4. The second-order valence-corrected chi connectivity index (χ2v) is 6.00. The number of rotatable bonds is 6. The van der Waals surface area contributed by atoms with E-state index in [0.29, 0.717) is 10.9 Å². The van der Waals surface area contributed by atoms with Crippen molar-refractivity contribution in [3.8, 4) is 0 Å². The third-order valence-electron chi connectivity index (χ3n) is 3.88. The molecular formula is C18H22N2O8. The number of hydrogen-bond donors (Lipinski definition) is 3. The Morgan fingerprint density at radius 1 is 1.14 bits per heavy atom. The summed E-state index contributed by atoms with van der Waals surface area (Å²) in [6, 6.07) is 10.1. The normalized spacial score (nSPS) is 12.8. The minimum absolute atomic E-state index is 0.00666. The second-order valence-electron chi connectivity index (χ2n) is 6.00. The Bertz CT molecular complexity index is 835. The van der Waals surface area contributed by atoms with E-state index in [1.807, 2.05) is 25.9 Å². The van der Waals surface area contributed by atoms with Crippen molar-refractivity contribution in [2.24, 2.45) is 0 Å². The van der Waals surface area contributed by atoms with Gasteiger partial charge in [-0.1, -0.05) is 30.3 Å². The highest BCUT2D eigenvalue weighted by molar-refractivity contribution is 6.27. The van der Waals surface area contributed by atoms with E-state index >= 15 is 0 Å². The van der Waals surface area contributed by atoms with Crippen molar-refractivity contribution in [1.29, 1.82) is 0 Å². The van der Waals surface area contributed by atoms with E-state index in [1.54, 1.807) is 30.3 Å². The molecule has 0 aromatic heterocycles. The van der Waals surface area contributed by atoms with E-state index in [-0.39, 0.29) is 18.5 Å². The molecule has 0 amide bonds. The summed E-state index contributed by atoms with van der Waals surface area (Å²) in [4.78, 5) is 30.9. The van der Waals surface area contributed by atoms with Crippen LogP contribution in [0.15, 0.2) is 36.4 Å². The summed E-state index contributed by atoms with van der Waals surface area (Å²) in [5.41, 5.74) is 0.503.